The van der Waals surface area contributed by atoms with E-state index in [-0.39, 0.29) is 0 Å². The predicted molar refractivity (Wildman–Crippen MR) is 237 cm³/mol. The molecule has 0 aliphatic carbocycles. The molecule has 2 N–H and O–H groups in total. The second kappa shape index (κ2) is 15.2. The van der Waals surface area contributed by atoms with Crippen LogP contribution in [-0.4, -0.2) is 118 Å². The van der Waals surface area contributed by atoms with Crippen LogP contribution >= 0.6 is 6.89 Å². The van der Waals surface area contributed by atoms with Crippen molar-refractivity contribution in [2.75, 3.05) is 75.2 Å². The van der Waals surface area contributed by atoms with Gasteiger partial charge in [-0.3, -0.25) is 9.91 Å². The third-order valence-electron chi connectivity index (χ3n) is 11.5. The number of hydrogen-bond donors (Lipinski definition) is 2. The molecule has 2 saturated heterocycles. The molecule has 0 unspecified atom stereocenters. The van der Waals surface area contributed by atoms with Gasteiger partial charge in [-0.05, 0) is 87.2 Å². The molecule has 290 valence electrons. The lowest BCUT2D eigenvalue weighted by Crippen LogP contribution is -2.52. The molecule has 0 amide bonds. The van der Waals surface area contributed by atoms with Gasteiger partial charge < -0.3 is 20.4 Å². The summed E-state index contributed by atoms with van der Waals surface area (Å²) < 4.78 is 1.79. The van der Waals surface area contributed by atoms with Gasteiger partial charge in [0.2, 0.25) is 5.95 Å². The van der Waals surface area contributed by atoms with Gasteiger partial charge in [0.25, 0.3) is 0 Å². The lowest BCUT2D eigenvalue weighted by molar-refractivity contribution is 0.107. The molecule has 3 aliphatic rings. The zero-order valence-electron chi connectivity index (χ0n) is 33.3. The van der Waals surface area contributed by atoms with Gasteiger partial charge in [0.15, 0.2) is 5.82 Å². The molecule has 12 nitrogen and oxygen atoms in total. The van der Waals surface area contributed by atoms with E-state index in [9.17, 15) is 0 Å². The summed E-state index contributed by atoms with van der Waals surface area (Å²) in [5.41, 5.74) is 11.0. The van der Waals surface area contributed by atoms with E-state index in [1.165, 1.54) is 29.7 Å². The molecule has 5 aromatic rings. The summed E-state index contributed by atoms with van der Waals surface area (Å²) in [6.45, 7) is 21.8. The summed E-state index contributed by atoms with van der Waals surface area (Å²) in [4.78, 5) is 17.6. The van der Waals surface area contributed by atoms with Crippen molar-refractivity contribution in [3.8, 4) is 5.69 Å². The Bertz CT molecular complexity index is 2380. The van der Waals surface area contributed by atoms with E-state index in [1.54, 1.807) is 9.69 Å². The first-order valence-corrected chi connectivity index (χ1v) is 22.4. The molecule has 0 bridgehead atoms. The van der Waals surface area contributed by atoms with Gasteiger partial charge in [0.1, 0.15) is 11.2 Å². The lowest BCUT2D eigenvalue weighted by Gasteiger charge is -2.43. The largest absolute Gasteiger partial charge is 0.375 e. The third kappa shape index (κ3) is 7.19. The number of hydrogen-bond acceptors (Lipinski definition) is 11. The van der Waals surface area contributed by atoms with Crippen LogP contribution in [0.5, 0.6) is 0 Å². The fourth-order valence-electron chi connectivity index (χ4n) is 8.36. The molecular formula is C43H53N12P. The quantitative estimate of drug-likeness (QED) is 0.146. The minimum atomic E-state index is -1.85. The molecule has 13 heteroatoms. The van der Waals surface area contributed by atoms with Crippen molar-refractivity contribution >= 4 is 70.3 Å². The molecule has 3 aliphatic heterocycles. The number of rotatable bonds is 10. The Morgan fingerprint density at radius 3 is 2.45 bits per heavy atom. The van der Waals surface area contributed by atoms with E-state index < -0.39 is 6.89 Å². The molecule has 0 radical (unpaired) electrons. The molecular weight excluding hydrogens is 716 g/mol. The fourth-order valence-corrected chi connectivity index (χ4v) is 9.97. The van der Waals surface area contributed by atoms with Gasteiger partial charge >= 0.3 is 0 Å². The van der Waals surface area contributed by atoms with Crippen molar-refractivity contribution in [3.63, 3.8) is 0 Å². The Hall–Kier alpha value is -5.45. The Morgan fingerprint density at radius 1 is 0.946 bits per heavy atom. The molecule has 56 heavy (non-hydrogen) atoms. The van der Waals surface area contributed by atoms with Crippen LogP contribution in [0.1, 0.15) is 42.0 Å². The molecule has 0 spiro atoms. The van der Waals surface area contributed by atoms with Crippen LogP contribution < -0.4 is 20.8 Å². The maximum atomic E-state index is 5.16. The van der Waals surface area contributed by atoms with E-state index >= 15 is 0 Å². The van der Waals surface area contributed by atoms with Gasteiger partial charge in [-0.1, -0.05) is 56.7 Å². The normalized spacial score (nSPS) is 16.7. The number of piperidine rings is 1. The summed E-state index contributed by atoms with van der Waals surface area (Å²) in [5, 5.41) is 23.8. The molecule has 3 aromatic carbocycles. The minimum Gasteiger partial charge on any atom is -0.375 e. The monoisotopic (exact) mass is 768 g/mol. The van der Waals surface area contributed by atoms with Crippen LogP contribution in [0, 0.1) is 6.92 Å². The standard InChI is InChI=1S/C43H53N12P/c1-9-31-26-39(54-19-17-32(18-20-54)53-23-21-52(10-2)22-24-53)29(3)25-37(31)47-43-44-28-40(55-38-14-12-11-13-35(38)49-50-55)42(48-43)46-36-16-15-33-30(4)51(5)45-27-34(33)41(36)56(6,7)8/h10-16,25-28,32H,2,4,6,9,17-24H2,1,3,5,7-8H3,(H2,44,46,47,48). The molecule has 0 atom stereocenters. The predicted octanol–water partition coefficient (Wildman–Crippen LogP) is 6.88. The Kier molecular flexibility index (Phi) is 10.2. The van der Waals surface area contributed by atoms with E-state index in [2.05, 4.69) is 112 Å². The van der Waals surface area contributed by atoms with Gasteiger partial charge in [0.05, 0.1) is 23.6 Å². The molecule has 2 fully saturated rings. The Morgan fingerprint density at radius 2 is 1.71 bits per heavy atom. The summed E-state index contributed by atoms with van der Waals surface area (Å²) >= 11 is 0. The molecule has 8 rings (SSSR count). The third-order valence-corrected chi connectivity index (χ3v) is 13.2. The van der Waals surface area contributed by atoms with E-state index in [1.807, 2.05) is 49.9 Å². The number of piperazine rings is 1. The molecule has 2 aromatic heterocycles. The van der Waals surface area contributed by atoms with Gasteiger partial charge in [-0.15, -0.1) is 5.10 Å². The number of anilines is 5. The van der Waals surface area contributed by atoms with Crippen molar-refractivity contribution in [2.45, 2.75) is 39.2 Å². The minimum absolute atomic E-state index is 0.486. The van der Waals surface area contributed by atoms with Gasteiger partial charge in [-0.25, -0.2) is 9.67 Å². The van der Waals surface area contributed by atoms with Crippen molar-refractivity contribution in [3.05, 3.63) is 96.3 Å². The highest BCUT2D eigenvalue weighted by Gasteiger charge is 2.28. The maximum absolute atomic E-state index is 5.16. The number of fused-ring (bicyclic) bond motifs is 2. The maximum Gasteiger partial charge on any atom is 0.229 e. The second-order valence-electron chi connectivity index (χ2n) is 15.6. The number of para-hydroxylation sites is 1. The fraction of sp³-hybridized carbons (Fsp3) is 0.349. The summed E-state index contributed by atoms with van der Waals surface area (Å²) in [5.74, 6) is 1.08. The number of aryl methyl sites for hydroxylation is 2. The van der Waals surface area contributed by atoms with Crippen molar-refractivity contribution < 1.29 is 0 Å². The van der Waals surface area contributed by atoms with Crippen molar-refractivity contribution in [1.29, 1.82) is 0 Å². The van der Waals surface area contributed by atoms with Crippen molar-refractivity contribution in [1.82, 2.24) is 39.8 Å². The van der Waals surface area contributed by atoms with Crippen LogP contribution in [0.3, 0.4) is 0 Å². The highest BCUT2D eigenvalue weighted by molar-refractivity contribution is 7.79. The first-order valence-electron chi connectivity index (χ1n) is 19.6. The second-order valence-corrected chi connectivity index (χ2v) is 19.4. The van der Waals surface area contributed by atoms with Crippen LogP contribution in [0.25, 0.3) is 22.4 Å². The summed E-state index contributed by atoms with van der Waals surface area (Å²) in [6.07, 6.45) is 13.6. The number of nitrogens with zero attached hydrogens (tertiary/aromatic N) is 10. The Labute approximate surface area is 330 Å². The molecule has 5 heterocycles. The van der Waals surface area contributed by atoms with Gasteiger partial charge in [-0.2, -0.15) is 10.1 Å². The van der Waals surface area contributed by atoms with Crippen LogP contribution in [0.4, 0.5) is 28.8 Å². The van der Waals surface area contributed by atoms with Crippen LogP contribution in [0.2, 0.25) is 0 Å². The highest BCUT2D eigenvalue weighted by Crippen LogP contribution is 2.42. The Balaban J connectivity index is 1.11. The van der Waals surface area contributed by atoms with Crippen molar-refractivity contribution in [2.24, 2.45) is 5.10 Å². The zero-order chi connectivity index (χ0) is 39.1. The topological polar surface area (TPSA) is 106 Å². The van der Waals surface area contributed by atoms with E-state index in [0.29, 0.717) is 23.5 Å². The smallest absolute Gasteiger partial charge is 0.229 e. The number of nitrogens with one attached hydrogen (secondary N) is 2. The summed E-state index contributed by atoms with van der Waals surface area (Å²) in [6, 6.07) is 17.4. The first-order chi connectivity index (χ1) is 27.0. The van der Waals surface area contributed by atoms with Gasteiger partial charge in [0, 0.05) is 85.9 Å². The average molecular weight is 769 g/mol. The van der Waals surface area contributed by atoms with E-state index in [0.717, 1.165) is 90.2 Å². The molecule has 0 saturated carbocycles. The SMILES string of the molecule is C=CN1CCN(C2CCN(c3cc(CC)c(Nc4ncc(-n5nnc6ccccc65)c(Nc5ccc6c(c5P(=C)(C)C)C=NN(C)C6=C)n4)cc3C)CC2)CC1. The summed E-state index contributed by atoms with van der Waals surface area (Å²) in [7, 11) is 1.91. The van der Waals surface area contributed by atoms with E-state index in [4.69, 9.17) is 9.97 Å². The zero-order valence-corrected chi connectivity index (χ0v) is 34.2. The first kappa shape index (κ1) is 37.5. The van der Waals surface area contributed by atoms with Crippen LogP contribution in [0.15, 0.2) is 79.2 Å². The number of aromatic nitrogens is 5. The number of benzene rings is 3. The number of hydrazone groups is 1. The van der Waals surface area contributed by atoms with Crippen LogP contribution in [-0.2, 0) is 6.42 Å². The lowest BCUT2D eigenvalue weighted by atomic mass is 9.99. The highest BCUT2D eigenvalue weighted by atomic mass is 31.2. The average Bonchev–Trinajstić information content (AvgIpc) is 3.63.